The molecule has 2 aromatic heterocycles. The van der Waals surface area contributed by atoms with Gasteiger partial charge in [0.2, 0.25) is 0 Å². The molecule has 4 heteroatoms. The number of aromatic nitrogens is 2. The van der Waals surface area contributed by atoms with Gasteiger partial charge in [-0.3, -0.25) is 0 Å². The van der Waals surface area contributed by atoms with Gasteiger partial charge in [0.1, 0.15) is 0 Å². The van der Waals surface area contributed by atoms with Crippen LogP contribution in [0.1, 0.15) is 42.1 Å². The molecule has 1 atom stereocenters. The molecule has 5 aromatic carbocycles. The Bertz CT molecular complexity index is 2660. The highest BCUT2D eigenvalue weighted by Crippen LogP contribution is 2.41. The van der Waals surface area contributed by atoms with Crippen molar-refractivity contribution in [3.63, 3.8) is 0 Å². The summed E-state index contributed by atoms with van der Waals surface area (Å²) in [5, 5.41) is 23.1. The van der Waals surface area contributed by atoms with Crippen molar-refractivity contribution in [2.24, 2.45) is 5.92 Å². The van der Waals surface area contributed by atoms with Crippen LogP contribution in [-0.2, 0) is 6.42 Å². The first kappa shape index (κ1) is 28.8. The van der Waals surface area contributed by atoms with Crippen LogP contribution < -0.4 is 0 Å². The normalized spacial score (nSPS) is 15.7. The molecule has 0 amide bonds. The number of hydrogen-bond acceptors (Lipinski definition) is 2. The van der Waals surface area contributed by atoms with Crippen LogP contribution in [0.15, 0.2) is 133 Å². The molecule has 2 aliphatic rings. The topological polar surface area (TPSA) is 57.4 Å². The summed E-state index contributed by atoms with van der Waals surface area (Å²) < 4.78 is 4.78. The van der Waals surface area contributed by atoms with Crippen molar-refractivity contribution in [1.82, 2.24) is 9.13 Å². The van der Waals surface area contributed by atoms with Crippen LogP contribution in [0.4, 0.5) is 0 Å². The summed E-state index contributed by atoms with van der Waals surface area (Å²) in [6.45, 7) is 2.28. The van der Waals surface area contributed by atoms with Crippen LogP contribution in [0.5, 0.6) is 0 Å². The smallest absolute Gasteiger partial charge is 0.0991 e. The first-order valence-corrected chi connectivity index (χ1v) is 16.9. The minimum Gasteiger partial charge on any atom is -0.313 e. The van der Waals surface area contributed by atoms with Crippen molar-refractivity contribution in [2.75, 3.05) is 0 Å². The van der Waals surface area contributed by atoms with E-state index >= 15 is 0 Å². The van der Waals surface area contributed by atoms with E-state index in [2.05, 4.69) is 143 Å². The fraction of sp³-hybridized carbons (Fsp3) is 0.111. The Labute approximate surface area is 285 Å². The third kappa shape index (κ3) is 4.65. The molecule has 2 heterocycles. The molecular formula is C45H32N4. The summed E-state index contributed by atoms with van der Waals surface area (Å²) in [6.07, 6.45) is 9.14. The van der Waals surface area contributed by atoms with E-state index in [9.17, 15) is 10.5 Å². The van der Waals surface area contributed by atoms with Gasteiger partial charge in [0.05, 0.1) is 34.3 Å². The lowest BCUT2D eigenvalue weighted by Crippen LogP contribution is -2.08. The number of para-hydroxylation sites is 2. The van der Waals surface area contributed by atoms with Crippen molar-refractivity contribution in [1.29, 1.82) is 10.5 Å². The Morgan fingerprint density at radius 3 is 2.16 bits per heavy atom. The molecule has 0 radical (unpaired) electrons. The van der Waals surface area contributed by atoms with Gasteiger partial charge >= 0.3 is 0 Å². The molecule has 7 aromatic rings. The van der Waals surface area contributed by atoms with E-state index in [1.54, 1.807) is 0 Å². The zero-order valence-electron chi connectivity index (χ0n) is 27.2. The van der Waals surface area contributed by atoms with Crippen molar-refractivity contribution < 1.29 is 0 Å². The molecule has 0 fully saturated rings. The van der Waals surface area contributed by atoms with Crippen LogP contribution in [0.3, 0.4) is 0 Å². The summed E-state index contributed by atoms with van der Waals surface area (Å²) in [5.41, 5.74) is 14.3. The largest absolute Gasteiger partial charge is 0.313 e. The molecule has 0 saturated heterocycles. The summed E-state index contributed by atoms with van der Waals surface area (Å²) in [7, 11) is 0. The van der Waals surface area contributed by atoms with Gasteiger partial charge in [0, 0.05) is 49.9 Å². The van der Waals surface area contributed by atoms with E-state index in [4.69, 9.17) is 0 Å². The lowest BCUT2D eigenvalue weighted by molar-refractivity contribution is 0.690. The van der Waals surface area contributed by atoms with Crippen molar-refractivity contribution in [3.05, 3.63) is 155 Å². The highest BCUT2D eigenvalue weighted by Gasteiger charge is 2.23. The molecule has 0 N–H and O–H groups in total. The van der Waals surface area contributed by atoms with Gasteiger partial charge in [-0.05, 0) is 90.4 Å². The quantitative estimate of drug-likeness (QED) is 0.195. The van der Waals surface area contributed by atoms with E-state index in [1.165, 1.54) is 27.8 Å². The van der Waals surface area contributed by atoms with Crippen LogP contribution in [0.25, 0.3) is 66.9 Å². The zero-order chi connectivity index (χ0) is 33.1. The second-order valence-corrected chi connectivity index (χ2v) is 13.2. The SMILES string of the molecule is CC1C=Cc2c(n(-c3cccc(-c4ccc(C5=C(n6c7ccccc7c7cc(C#N)ccc76)CCC(C#N)=C5)cc4)c3)c3ccccc23)C1. The summed E-state index contributed by atoms with van der Waals surface area (Å²) in [5.74, 6) is 0.499. The number of rotatable bonds is 4. The van der Waals surface area contributed by atoms with Crippen LogP contribution in [0.2, 0.25) is 0 Å². The average Bonchev–Trinajstić information content (AvgIpc) is 3.66. The highest BCUT2D eigenvalue weighted by molar-refractivity contribution is 6.12. The van der Waals surface area contributed by atoms with Crippen LogP contribution in [-0.4, -0.2) is 9.13 Å². The fourth-order valence-corrected chi connectivity index (χ4v) is 7.92. The number of nitrogens with zero attached hydrogens (tertiary/aromatic N) is 4. The molecule has 0 bridgehead atoms. The summed E-state index contributed by atoms with van der Waals surface area (Å²) in [4.78, 5) is 0. The van der Waals surface area contributed by atoms with Crippen molar-refractivity contribution >= 4 is 50.1 Å². The minimum atomic E-state index is 0.499. The number of fused-ring (bicyclic) bond motifs is 6. The van der Waals surface area contributed by atoms with Crippen molar-refractivity contribution in [2.45, 2.75) is 26.2 Å². The van der Waals surface area contributed by atoms with Gasteiger partial charge in [0.25, 0.3) is 0 Å². The van der Waals surface area contributed by atoms with Crippen molar-refractivity contribution in [3.8, 4) is 29.0 Å². The Kier molecular flexibility index (Phi) is 6.71. The third-order valence-electron chi connectivity index (χ3n) is 10.2. The standard InChI is InChI=1S/C45H32N4/c1-29-13-20-38-36-9-2-4-11-41(36)48(45(38)23-29)35-8-6-7-34(26-35)32-16-18-33(19-17-32)39-24-30(27-46)14-21-43(39)49-42-12-5-3-10-37(42)40-25-31(28-47)15-22-44(40)49/h2-13,15-20,22,24-26,29H,14,21,23H2,1H3. The molecule has 9 rings (SSSR count). The number of benzene rings is 5. The van der Waals surface area contributed by atoms with E-state index in [1.807, 2.05) is 18.2 Å². The Balaban J connectivity index is 1.16. The number of allylic oxidation sites excluding steroid dienone is 5. The molecule has 232 valence electrons. The molecule has 4 nitrogen and oxygen atoms in total. The monoisotopic (exact) mass is 628 g/mol. The first-order chi connectivity index (χ1) is 24.1. The predicted octanol–water partition coefficient (Wildman–Crippen LogP) is 11.1. The van der Waals surface area contributed by atoms with Gasteiger partial charge in [-0.15, -0.1) is 0 Å². The molecule has 0 saturated carbocycles. The number of nitriles is 2. The van der Waals surface area contributed by atoms with E-state index in [-0.39, 0.29) is 0 Å². The van der Waals surface area contributed by atoms with E-state index in [0.717, 1.165) is 68.2 Å². The van der Waals surface area contributed by atoms with Gasteiger partial charge in [-0.25, -0.2) is 0 Å². The van der Waals surface area contributed by atoms with Gasteiger partial charge in [0.15, 0.2) is 0 Å². The maximum Gasteiger partial charge on any atom is 0.0991 e. The second-order valence-electron chi connectivity index (χ2n) is 13.2. The Morgan fingerprint density at radius 1 is 0.633 bits per heavy atom. The minimum absolute atomic E-state index is 0.499. The highest BCUT2D eigenvalue weighted by atomic mass is 15.0. The van der Waals surface area contributed by atoms with Crippen LogP contribution >= 0.6 is 0 Å². The molecule has 49 heavy (non-hydrogen) atoms. The fourth-order valence-electron chi connectivity index (χ4n) is 7.92. The Morgan fingerprint density at radius 2 is 1.37 bits per heavy atom. The van der Waals surface area contributed by atoms with Gasteiger partial charge in [-0.2, -0.15) is 10.5 Å². The second kappa shape index (κ2) is 11.4. The van der Waals surface area contributed by atoms with Gasteiger partial charge < -0.3 is 9.13 Å². The maximum atomic E-state index is 9.94. The predicted molar refractivity (Wildman–Crippen MR) is 201 cm³/mol. The summed E-state index contributed by atoms with van der Waals surface area (Å²) >= 11 is 0. The Hall–Kier alpha value is -6.36. The van der Waals surface area contributed by atoms with E-state index < -0.39 is 0 Å². The molecule has 2 aliphatic carbocycles. The van der Waals surface area contributed by atoms with Crippen LogP contribution in [0, 0.1) is 28.6 Å². The first-order valence-electron chi connectivity index (χ1n) is 16.9. The number of hydrogen-bond donors (Lipinski definition) is 0. The molecule has 0 spiro atoms. The third-order valence-corrected chi connectivity index (χ3v) is 10.2. The molecule has 1 unspecified atom stereocenters. The lowest BCUT2D eigenvalue weighted by atomic mass is 9.91. The molecule has 0 aliphatic heterocycles. The average molecular weight is 629 g/mol. The summed E-state index contributed by atoms with van der Waals surface area (Å²) in [6, 6.07) is 45.4. The van der Waals surface area contributed by atoms with E-state index in [0.29, 0.717) is 17.9 Å². The van der Waals surface area contributed by atoms with Gasteiger partial charge in [-0.1, -0.05) is 91.9 Å². The lowest BCUT2D eigenvalue weighted by Gasteiger charge is -2.21. The zero-order valence-corrected chi connectivity index (χ0v) is 27.2. The molecular weight excluding hydrogens is 597 g/mol. The maximum absolute atomic E-state index is 9.94.